The molecule has 11 heteroatoms. The number of ketones is 1. The van der Waals surface area contributed by atoms with E-state index in [1.54, 1.807) is 31.3 Å². The van der Waals surface area contributed by atoms with Gasteiger partial charge in [0.25, 0.3) is 5.91 Å². The molecule has 1 fully saturated rings. The lowest BCUT2D eigenvalue weighted by atomic mass is 9.87. The zero-order valence-electron chi connectivity index (χ0n) is 22.0. The van der Waals surface area contributed by atoms with Crippen molar-refractivity contribution in [3.8, 4) is 6.07 Å². The van der Waals surface area contributed by atoms with Gasteiger partial charge in [-0.2, -0.15) is 10.4 Å². The minimum atomic E-state index is -1.73. The van der Waals surface area contributed by atoms with Gasteiger partial charge in [-0.1, -0.05) is 29.8 Å². The highest BCUT2D eigenvalue weighted by molar-refractivity contribution is 6.30. The van der Waals surface area contributed by atoms with Gasteiger partial charge in [0.1, 0.15) is 5.82 Å². The molecule has 1 unspecified atom stereocenters. The SMILES string of the molecule is Cn1cc(C(=O)c2cc(F)c3c(c2)C(=O)N(Cc2ccc(Cl)cn2)[C@@]3(OCC2(C#N)CC2)C2=CCC(Cl)C=C2)cn1. The molecule has 41 heavy (non-hydrogen) atoms. The molecule has 208 valence electrons. The van der Waals surface area contributed by atoms with E-state index in [1.165, 1.54) is 34.2 Å². The molecule has 0 N–H and O–H groups in total. The number of amides is 1. The Hall–Kier alpha value is -3.84. The number of hydrogen-bond donors (Lipinski definition) is 0. The van der Waals surface area contributed by atoms with E-state index in [4.69, 9.17) is 27.9 Å². The van der Waals surface area contributed by atoms with Crippen LogP contribution in [0.3, 0.4) is 0 Å². The number of nitriles is 1. The molecule has 3 aromatic rings. The van der Waals surface area contributed by atoms with Crippen LogP contribution in [0.5, 0.6) is 0 Å². The summed E-state index contributed by atoms with van der Waals surface area (Å²) < 4.78 is 24.5. The Morgan fingerprint density at radius 3 is 2.68 bits per heavy atom. The van der Waals surface area contributed by atoms with Gasteiger partial charge in [0, 0.05) is 30.6 Å². The second-order valence-electron chi connectivity index (χ2n) is 10.6. The topological polar surface area (TPSA) is 101 Å². The van der Waals surface area contributed by atoms with E-state index in [0.717, 1.165) is 6.07 Å². The molecule has 2 aromatic heterocycles. The van der Waals surface area contributed by atoms with E-state index in [1.807, 2.05) is 6.08 Å². The van der Waals surface area contributed by atoms with Crippen molar-refractivity contribution in [2.75, 3.05) is 6.61 Å². The second kappa shape index (κ2) is 10.2. The Labute approximate surface area is 245 Å². The summed E-state index contributed by atoms with van der Waals surface area (Å²) in [7, 11) is 1.67. The van der Waals surface area contributed by atoms with Crippen LogP contribution in [0, 0.1) is 22.6 Å². The summed E-state index contributed by atoms with van der Waals surface area (Å²) in [5, 5.41) is 14.0. The van der Waals surface area contributed by atoms with Gasteiger partial charge in [-0.25, -0.2) is 4.39 Å². The number of aryl methyl sites for hydroxylation is 1. The number of carbonyl (C=O) groups is 2. The molecule has 0 radical (unpaired) electrons. The number of allylic oxidation sites excluding steroid dienone is 2. The Bertz CT molecular complexity index is 1670. The molecule has 0 bridgehead atoms. The average Bonchev–Trinajstić information content (AvgIpc) is 3.56. The van der Waals surface area contributed by atoms with Crippen LogP contribution >= 0.6 is 23.2 Å². The predicted octanol–water partition coefficient (Wildman–Crippen LogP) is 5.46. The molecule has 3 aliphatic rings. The Kier molecular flexibility index (Phi) is 6.81. The number of aromatic nitrogens is 3. The number of hydrogen-bond acceptors (Lipinski definition) is 6. The highest BCUT2D eigenvalue weighted by atomic mass is 35.5. The molecular weight excluding hydrogens is 568 g/mol. The van der Waals surface area contributed by atoms with Crippen molar-refractivity contribution in [1.82, 2.24) is 19.7 Å². The molecule has 1 aromatic carbocycles. The van der Waals surface area contributed by atoms with Gasteiger partial charge in [0.2, 0.25) is 0 Å². The van der Waals surface area contributed by atoms with E-state index in [2.05, 4.69) is 16.2 Å². The van der Waals surface area contributed by atoms with E-state index in [-0.39, 0.29) is 40.8 Å². The van der Waals surface area contributed by atoms with Crippen LogP contribution in [0.2, 0.25) is 5.02 Å². The maximum Gasteiger partial charge on any atom is 0.257 e. The first-order valence-corrected chi connectivity index (χ1v) is 13.9. The minimum Gasteiger partial charge on any atom is -0.345 e. The highest BCUT2D eigenvalue weighted by Crippen LogP contribution is 2.53. The van der Waals surface area contributed by atoms with Crippen LogP contribution in [0.1, 0.15) is 56.8 Å². The van der Waals surface area contributed by atoms with E-state index >= 15 is 4.39 Å². The predicted molar refractivity (Wildman–Crippen MR) is 149 cm³/mol. The maximum atomic E-state index is 16.4. The second-order valence-corrected chi connectivity index (χ2v) is 11.6. The van der Waals surface area contributed by atoms with Gasteiger partial charge < -0.3 is 4.74 Å². The molecule has 2 atom stereocenters. The van der Waals surface area contributed by atoms with Crippen LogP contribution in [0.15, 0.2) is 66.7 Å². The smallest absolute Gasteiger partial charge is 0.257 e. The summed E-state index contributed by atoms with van der Waals surface area (Å²) in [6.07, 6.45) is 11.4. The molecular formula is C30H24Cl2FN5O3. The van der Waals surface area contributed by atoms with Crippen molar-refractivity contribution in [3.05, 3.63) is 105 Å². The quantitative estimate of drug-likeness (QED) is 0.254. The maximum absolute atomic E-state index is 16.4. The van der Waals surface area contributed by atoms with Crippen molar-refractivity contribution in [2.24, 2.45) is 12.5 Å². The van der Waals surface area contributed by atoms with Gasteiger partial charge in [-0.15, -0.1) is 11.6 Å². The lowest BCUT2D eigenvalue weighted by molar-refractivity contribution is -0.123. The molecule has 0 saturated heterocycles. The summed E-state index contributed by atoms with van der Waals surface area (Å²) in [5.41, 5.74) is -1.20. The largest absolute Gasteiger partial charge is 0.345 e. The van der Waals surface area contributed by atoms with Gasteiger partial charge in [0.05, 0.1) is 63.6 Å². The number of pyridine rings is 1. The number of carbonyl (C=O) groups excluding carboxylic acids is 2. The molecule has 1 amide bonds. The third-order valence-electron chi connectivity index (χ3n) is 7.71. The Morgan fingerprint density at radius 1 is 1.27 bits per heavy atom. The van der Waals surface area contributed by atoms with Crippen molar-refractivity contribution in [3.63, 3.8) is 0 Å². The van der Waals surface area contributed by atoms with E-state index in [0.29, 0.717) is 35.6 Å². The molecule has 6 rings (SSSR count). The van der Waals surface area contributed by atoms with Gasteiger partial charge in [-0.3, -0.25) is 24.2 Å². The van der Waals surface area contributed by atoms with Crippen LogP contribution < -0.4 is 0 Å². The van der Waals surface area contributed by atoms with Gasteiger partial charge >= 0.3 is 0 Å². The van der Waals surface area contributed by atoms with Crippen LogP contribution in [-0.4, -0.2) is 43.3 Å². The van der Waals surface area contributed by atoms with Gasteiger partial charge in [-0.05, 0) is 43.5 Å². The number of ether oxygens (including phenoxy) is 1. The number of rotatable bonds is 8. The first-order valence-electron chi connectivity index (χ1n) is 13.0. The first kappa shape index (κ1) is 27.3. The summed E-state index contributed by atoms with van der Waals surface area (Å²) in [6.45, 7) is -0.0723. The third kappa shape index (κ3) is 4.76. The fraction of sp³-hybridized carbons (Fsp3) is 0.300. The molecule has 1 saturated carbocycles. The summed E-state index contributed by atoms with van der Waals surface area (Å²) in [4.78, 5) is 33.2. The summed E-state index contributed by atoms with van der Waals surface area (Å²) in [6, 6.07) is 8.16. The number of alkyl halides is 1. The normalized spacial score (nSPS) is 22.3. The fourth-order valence-corrected chi connectivity index (χ4v) is 5.56. The monoisotopic (exact) mass is 591 g/mol. The lowest BCUT2D eigenvalue weighted by Gasteiger charge is -2.41. The van der Waals surface area contributed by atoms with Gasteiger partial charge in [0.15, 0.2) is 11.5 Å². The van der Waals surface area contributed by atoms with Crippen LogP contribution in [0.25, 0.3) is 0 Å². The number of fused-ring (bicyclic) bond motifs is 1. The first-order chi connectivity index (χ1) is 19.7. The minimum absolute atomic E-state index is 0.00435. The zero-order chi connectivity index (χ0) is 28.9. The molecule has 8 nitrogen and oxygen atoms in total. The third-order valence-corrected chi connectivity index (χ3v) is 8.26. The fourth-order valence-electron chi connectivity index (χ4n) is 5.29. The molecule has 3 heterocycles. The van der Waals surface area contributed by atoms with Crippen LogP contribution in [0.4, 0.5) is 4.39 Å². The van der Waals surface area contributed by atoms with E-state index in [9.17, 15) is 14.9 Å². The zero-order valence-corrected chi connectivity index (χ0v) is 23.5. The summed E-state index contributed by atoms with van der Waals surface area (Å²) in [5.74, 6) is -1.79. The highest BCUT2D eigenvalue weighted by Gasteiger charge is 2.57. The molecule has 2 aliphatic carbocycles. The number of benzene rings is 1. The van der Waals surface area contributed by atoms with Crippen molar-refractivity contribution >= 4 is 34.9 Å². The molecule has 1 aliphatic heterocycles. The average molecular weight is 592 g/mol. The summed E-state index contributed by atoms with van der Waals surface area (Å²) >= 11 is 12.4. The lowest BCUT2D eigenvalue weighted by Crippen LogP contribution is -2.48. The van der Waals surface area contributed by atoms with Crippen molar-refractivity contribution < 1.29 is 18.7 Å². The Balaban J connectivity index is 1.53. The molecule has 0 spiro atoms. The number of halogens is 3. The standard InChI is InChI=1S/C30H24Cl2FN5O3/c1-37-14-19(12-36-37)27(39)18-10-24-26(25(33)11-18)30(20-2-4-21(31)5-3-20,41-17-29(16-34)8-9-29)38(28(24)40)15-23-7-6-22(32)13-35-23/h2-4,6-7,10-14,21H,5,8-9,15,17H2,1H3/t21?,30-/m1/s1. The Morgan fingerprint density at radius 2 is 2.07 bits per heavy atom. The van der Waals surface area contributed by atoms with Crippen molar-refractivity contribution in [2.45, 2.75) is 36.9 Å². The van der Waals surface area contributed by atoms with Crippen LogP contribution in [-0.2, 0) is 24.1 Å². The van der Waals surface area contributed by atoms with E-state index < -0.39 is 28.6 Å². The van der Waals surface area contributed by atoms with Crippen molar-refractivity contribution in [1.29, 1.82) is 5.26 Å². The number of nitrogens with zero attached hydrogens (tertiary/aromatic N) is 5.